The Bertz CT molecular complexity index is 1460. The van der Waals surface area contributed by atoms with Crippen LogP contribution in [-0.4, -0.2) is 39.3 Å². The lowest BCUT2D eigenvalue weighted by Crippen LogP contribution is -2.07. The molecule has 0 radical (unpaired) electrons. The van der Waals surface area contributed by atoms with E-state index >= 15 is 0 Å². The van der Waals surface area contributed by atoms with Gasteiger partial charge in [-0.15, -0.1) is 0 Å². The Labute approximate surface area is 233 Å². The van der Waals surface area contributed by atoms with Gasteiger partial charge in [-0.2, -0.15) is 0 Å². The zero-order chi connectivity index (χ0) is 29.6. The first-order valence-corrected chi connectivity index (χ1v) is 12.6. The number of benzene rings is 4. The standard InChI is InChI=1S/C18H20O3.C15H12O4/c1-10-7-17(20)12(3)5-14(10)16(9-19)15-6-13(4)18(21)8-11(15)2;16-8-12-6-10(1-3-14(12)18)5-11-2-4-15(19)13(7-11)9-17/h5-9,16,20-21H,1-4H3;1-4,6-9,18-19H,5H2. The van der Waals surface area contributed by atoms with Crippen molar-refractivity contribution >= 4 is 18.9 Å². The molecule has 4 N–H and O–H groups in total. The molecule has 0 saturated carbocycles. The molecule has 40 heavy (non-hydrogen) atoms. The number of hydrogen-bond acceptors (Lipinski definition) is 7. The van der Waals surface area contributed by atoms with Crippen LogP contribution >= 0.6 is 0 Å². The van der Waals surface area contributed by atoms with Gasteiger partial charge in [0.05, 0.1) is 17.0 Å². The Kier molecular flexibility index (Phi) is 9.45. The van der Waals surface area contributed by atoms with E-state index in [1.54, 1.807) is 36.4 Å². The highest BCUT2D eigenvalue weighted by atomic mass is 16.3. The van der Waals surface area contributed by atoms with Crippen LogP contribution in [0.5, 0.6) is 23.0 Å². The fraction of sp³-hybridized carbons (Fsp3) is 0.182. The van der Waals surface area contributed by atoms with Gasteiger partial charge in [-0.25, -0.2) is 0 Å². The molecule has 0 atom stereocenters. The van der Waals surface area contributed by atoms with E-state index in [1.165, 1.54) is 12.1 Å². The molecule has 0 aliphatic rings. The first kappa shape index (κ1) is 29.6. The molecule has 7 nitrogen and oxygen atoms in total. The number of aldehydes is 3. The van der Waals surface area contributed by atoms with Crippen LogP contribution in [0.4, 0.5) is 0 Å². The van der Waals surface area contributed by atoms with E-state index in [2.05, 4.69) is 0 Å². The lowest BCUT2D eigenvalue weighted by atomic mass is 9.85. The summed E-state index contributed by atoms with van der Waals surface area (Å²) in [6, 6.07) is 16.6. The number of aromatic hydroxyl groups is 4. The molecular weight excluding hydrogens is 508 g/mol. The van der Waals surface area contributed by atoms with Crippen LogP contribution in [-0.2, 0) is 11.2 Å². The van der Waals surface area contributed by atoms with Crippen molar-refractivity contribution in [3.05, 3.63) is 116 Å². The second-order valence-corrected chi connectivity index (χ2v) is 9.80. The molecular formula is C33H32O7. The highest BCUT2D eigenvalue weighted by Crippen LogP contribution is 2.34. The normalized spacial score (nSPS) is 10.5. The van der Waals surface area contributed by atoms with E-state index < -0.39 is 5.92 Å². The Hall–Kier alpha value is -4.91. The maximum absolute atomic E-state index is 11.7. The minimum atomic E-state index is -0.399. The third-order valence-electron chi connectivity index (χ3n) is 6.82. The molecule has 0 saturated heterocycles. The van der Waals surface area contributed by atoms with Crippen molar-refractivity contribution < 1.29 is 34.8 Å². The van der Waals surface area contributed by atoms with Crippen molar-refractivity contribution in [1.29, 1.82) is 0 Å². The Morgan fingerprint density at radius 2 is 0.950 bits per heavy atom. The van der Waals surface area contributed by atoms with E-state index in [9.17, 15) is 34.8 Å². The van der Waals surface area contributed by atoms with Gasteiger partial charge in [0.25, 0.3) is 0 Å². The number of carbonyl (C=O) groups excluding carboxylic acids is 3. The number of hydrogen-bond donors (Lipinski definition) is 4. The Morgan fingerprint density at radius 3 is 1.30 bits per heavy atom. The summed E-state index contributed by atoms with van der Waals surface area (Å²) in [5, 5.41) is 38.3. The van der Waals surface area contributed by atoms with E-state index in [1.807, 2.05) is 39.8 Å². The Balaban J connectivity index is 0.000000222. The summed E-state index contributed by atoms with van der Waals surface area (Å²) in [4.78, 5) is 33.2. The number of phenols is 4. The molecule has 0 aromatic heterocycles. The molecule has 4 aromatic rings. The van der Waals surface area contributed by atoms with Gasteiger partial charge in [0.2, 0.25) is 0 Å². The molecule has 0 fully saturated rings. The molecule has 7 heteroatoms. The summed E-state index contributed by atoms with van der Waals surface area (Å²) in [7, 11) is 0. The minimum absolute atomic E-state index is 0.0574. The van der Waals surface area contributed by atoms with Crippen LogP contribution in [0.1, 0.15) is 71.1 Å². The van der Waals surface area contributed by atoms with Crippen molar-refractivity contribution in [2.24, 2.45) is 0 Å². The number of rotatable bonds is 7. The van der Waals surface area contributed by atoms with Gasteiger partial charge in [0.1, 0.15) is 29.3 Å². The smallest absolute Gasteiger partial charge is 0.153 e. The van der Waals surface area contributed by atoms with Gasteiger partial charge in [0, 0.05) is 0 Å². The SMILES string of the molecule is Cc1cc(C(C=O)c2cc(C)c(O)cc2C)c(C)cc1O.O=Cc1cc(Cc2ccc(O)c(C=O)c2)ccc1O. The second-order valence-electron chi connectivity index (χ2n) is 9.80. The molecule has 206 valence electrons. The predicted molar refractivity (Wildman–Crippen MR) is 153 cm³/mol. The largest absolute Gasteiger partial charge is 0.508 e. The van der Waals surface area contributed by atoms with Crippen LogP contribution in [0.3, 0.4) is 0 Å². The average molecular weight is 541 g/mol. The molecule has 0 spiro atoms. The third-order valence-corrected chi connectivity index (χ3v) is 6.82. The van der Waals surface area contributed by atoms with Crippen LogP contribution < -0.4 is 0 Å². The number of carbonyl (C=O) groups is 3. The fourth-order valence-corrected chi connectivity index (χ4v) is 4.48. The van der Waals surface area contributed by atoms with Crippen LogP contribution in [0.15, 0.2) is 60.7 Å². The van der Waals surface area contributed by atoms with Gasteiger partial charge in [0.15, 0.2) is 12.6 Å². The zero-order valence-electron chi connectivity index (χ0n) is 22.8. The van der Waals surface area contributed by atoms with E-state index in [-0.39, 0.29) is 34.1 Å². The predicted octanol–water partition coefficient (Wildman–Crippen LogP) is 5.98. The molecule has 0 amide bonds. The van der Waals surface area contributed by atoms with E-state index in [0.717, 1.165) is 50.8 Å². The summed E-state index contributed by atoms with van der Waals surface area (Å²) in [5.41, 5.74) is 7.14. The minimum Gasteiger partial charge on any atom is -0.508 e. The highest BCUT2D eigenvalue weighted by Gasteiger charge is 2.20. The van der Waals surface area contributed by atoms with E-state index in [0.29, 0.717) is 19.0 Å². The number of aryl methyl sites for hydroxylation is 4. The lowest BCUT2D eigenvalue weighted by Gasteiger charge is -2.19. The fourth-order valence-electron chi connectivity index (χ4n) is 4.48. The van der Waals surface area contributed by atoms with Crippen LogP contribution in [0.25, 0.3) is 0 Å². The average Bonchev–Trinajstić information content (AvgIpc) is 2.92. The monoisotopic (exact) mass is 540 g/mol. The van der Waals surface area contributed by atoms with Gasteiger partial charge < -0.3 is 25.2 Å². The molecule has 0 bridgehead atoms. The van der Waals surface area contributed by atoms with Gasteiger partial charge in [-0.05, 0) is 115 Å². The molecule has 0 aliphatic heterocycles. The second kappa shape index (κ2) is 12.8. The quantitative estimate of drug-likeness (QED) is 0.212. The van der Waals surface area contributed by atoms with Crippen molar-refractivity contribution in [3.63, 3.8) is 0 Å². The number of phenolic OH excluding ortho intramolecular Hbond substituents is 4. The topological polar surface area (TPSA) is 132 Å². The summed E-state index contributed by atoms with van der Waals surface area (Å²) in [6.45, 7) is 7.39. The first-order valence-electron chi connectivity index (χ1n) is 12.6. The molecule has 0 aliphatic carbocycles. The highest BCUT2D eigenvalue weighted by molar-refractivity contribution is 5.80. The van der Waals surface area contributed by atoms with Crippen molar-refractivity contribution in [3.8, 4) is 23.0 Å². The lowest BCUT2D eigenvalue weighted by molar-refractivity contribution is -0.108. The maximum Gasteiger partial charge on any atom is 0.153 e. The summed E-state index contributed by atoms with van der Waals surface area (Å²) in [6.07, 6.45) is 2.60. The summed E-state index contributed by atoms with van der Waals surface area (Å²) >= 11 is 0. The molecule has 4 rings (SSSR count). The summed E-state index contributed by atoms with van der Waals surface area (Å²) in [5.74, 6) is -0.0429. The molecule has 0 heterocycles. The Morgan fingerprint density at radius 1 is 0.550 bits per heavy atom. The van der Waals surface area contributed by atoms with Gasteiger partial charge in [-0.1, -0.05) is 24.3 Å². The van der Waals surface area contributed by atoms with Crippen LogP contribution in [0, 0.1) is 27.7 Å². The van der Waals surface area contributed by atoms with Crippen LogP contribution in [0.2, 0.25) is 0 Å². The molecule has 4 aromatic carbocycles. The van der Waals surface area contributed by atoms with E-state index in [4.69, 9.17) is 0 Å². The van der Waals surface area contributed by atoms with Gasteiger partial charge in [-0.3, -0.25) is 9.59 Å². The first-order chi connectivity index (χ1) is 19.0. The maximum atomic E-state index is 11.7. The van der Waals surface area contributed by atoms with Crippen molar-refractivity contribution in [1.82, 2.24) is 0 Å². The van der Waals surface area contributed by atoms with Crippen molar-refractivity contribution in [2.45, 2.75) is 40.0 Å². The summed E-state index contributed by atoms with van der Waals surface area (Å²) < 4.78 is 0. The third kappa shape index (κ3) is 6.74. The van der Waals surface area contributed by atoms with Crippen molar-refractivity contribution in [2.75, 3.05) is 0 Å². The molecule has 0 unspecified atom stereocenters. The van der Waals surface area contributed by atoms with Gasteiger partial charge >= 0.3 is 0 Å². The zero-order valence-corrected chi connectivity index (χ0v) is 22.8.